The van der Waals surface area contributed by atoms with Gasteiger partial charge in [0, 0.05) is 38.0 Å². The third-order valence-electron chi connectivity index (χ3n) is 6.75. The van der Waals surface area contributed by atoms with Gasteiger partial charge in [0.2, 0.25) is 11.8 Å². The minimum absolute atomic E-state index is 0.208. The number of anilines is 1. The lowest BCUT2D eigenvalue weighted by Gasteiger charge is -2.23. The van der Waals surface area contributed by atoms with E-state index >= 15 is 0 Å². The van der Waals surface area contributed by atoms with Gasteiger partial charge >= 0.3 is 18.1 Å². The van der Waals surface area contributed by atoms with Gasteiger partial charge in [0.15, 0.2) is 0 Å². The monoisotopic (exact) mass is 665 g/mol. The second-order valence-electron chi connectivity index (χ2n) is 10.4. The number of amides is 2. The summed E-state index contributed by atoms with van der Waals surface area (Å²) in [4.78, 5) is 55.1. The first-order chi connectivity index (χ1) is 22.9. The number of hydrogen-bond donors (Lipinski definition) is 5. The molecule has 0 aliphatic rings. The number of rotatable bonds is 14. The molecule has 4 rings (SSSR count). The normalized spacial score (nSPS) is 12.0. The zero-order valence-electron chi connectivity index (χ0n) is 25.6. The molecule has 0 bridgehead atoms. The summed E-state index contributed by atoms with van der Waals surface area (Å²) in [6.45, 7) is 0.547. The van der Waals surface area contributed by atoms with E-state index in [1.165, 1.54) is 0 Å². The molecular formula is C34H34F3N5O6. The molecule has 4 aromatic rings. The van der Waals surface area contributed by atoms with Crippen LogP contribution in [0.3, 0.4) is 0 Å². The van der Waals surface area contributed by atoms with E-state index in [1.807, 2.05) is 72.8 Å². The Kier molecular flexibility index (Phi) is 14.0. The van der Waals surface area contributed by atoms with Crippen molar-refractivity contribution >= 4 is 29.6 Å². The second kappa shape index (κ2) is 18.4. The van der Waals surface area contributed by atoms with Crippen molar-refractivity contribution in [1.29, 1.82) is 0 Å². The minimum atomic E-state index is -5.08. The molecule has 0 aliphatic carbocycles. The van der Waals surface area contributed by atoms with Crippen LogP contribution < -0.4 is 16.0 Å². The van der Waals surface area contributed by atoms with Crippen LogP contribution in [0.2, 0.25) is 0 Å². The van der Waals surface area contributed by atoms with Gasteiger partial charge in [0.1, 0.15) is 11.9 Å². The Hall–Kier alpha value is -5.79. The smallest absolute Gasteiger partial charge is 0.481 e. The van der Waals surface area contributed by atoms with Gasteiger partial charge in [0.05, 0.1) is 12.5 Å². The van der Waals surface area contributed by atoms with Crippen LogP contribution in [0.1, 0.15) is 36.4 Å². The Labute approximate surface area is 274 Å². The first-order valence-corrected chi connectivity index (χ1v) is 14.7. The van der Waals surface area contributed by atoms with Crippen LogP contribution in [0.5, 0.6) is 0 Å². The maximum absolute atomic E-state index is 13.5. The zero-order valence-corrected chi connectivity index (χ0v) is 25.6. The molecule has 2 aromatic carbocycles. The third-order valence-corrected chi connectivity index (χ3v) is 6.75. The van der Waals surface area contributed by atoms with Crippen LogP contribution in [0, 0.1) is 0 Å². The number of aromatic nitrogens is 2. The summed E-state index contributed by atoms with van der Waals surface area (Å²) in [5.74, 6) is -3.81. The summed E-state index contributed by atoms with van der Waals surface area (Å²) in [7, 11) is 0. The molecule has 2 atom stereocenters. The highest BCUT2D eigenvalue weighted by molar-refractivity contribution is 5.88. The van der Waals surface area contributed by atoms with Crippen molar-refractivity contribution in [2.75, 3.05) is 11.9 Å². The highest BCUT2D eigenvalue weighted by Gasteiger charge is 2.38. The van der Waals surface area contributed by atoms with Gasteiger partial charge in [-0.2, -0.15) is 13.2 Å². The van der Waals surface area contributed by atoms with E-state index in [0.29, 0.717) is 18.5 Å². The maximum atomic E-state index is 13.5. The molecule has 2 amide bonds. The number of pyridine rings is 2. The van der Waals surface area contributed by atoms with Crippen LogP contribution >= 0.6 is 0 Å². The Balaban J connectivity index is 0.000000804. The van der Waals surface area contributed by atoms with Crippen LogP contribution in [-0.2, 0) is 25.6 Å². The summed E-state index contributed by atoms with van der Waals surface area (Å²) in [5.41, 5.74) is 3.50. The van der Waals surface area contributed by atoms with E-state index < -0.39 is 36.1 Å². The van der Waals surface area contributed by atoms with E-state index in [0.717, 1.165) is 22.5 Å². The predicted molar refractivity (Wildman–Crippen MR) is 171 cm³/mol. The van der Waals surface area contributed by atoms with Crippen molar-refractivity contribution < 1.29 is 42.6 Å². The molecule has 48 heavy (non-hydrogen) atoms. The fraction of sp³-hybridized carbons (Fsp3) is 0.235. The van der Waals surface area contributed by atoms with Gasteiger partial charge < -0.3 is 26.2 Å². The first kappa shape index (κ1) is 36.7. The molecule has 1 unspecified atom stereocenters. The Morgan fingerprint density at radius 1 is 0.771 bits per heavy atom. The maximum Gasteiger partial charge on any atom is 0.490 e. The van der Waals surface area contributed by atoms with Crippen molar-refractivity contribution in [3.05, 3.63) is 115 Å². The number of benzene rings is 2. The standard InChI is InChI=1S/C32H33N5O4.C2HF3O2/c38-30(10-6-18-35-29-9-4-5-17-34-29)36-28(21-23-15-19-33-20-16-23)32(41)37-27(22-31(39)40)26-13-11-25(12-14-26)24-7-2-1-3-8-24;3-2(4,5)1(6)7/h1-5,7-9,11-17,19-20,27-28H,6,10,18,21-22H2,(H,34,35)(H,36,38)(H,37,41)(H,39,40);(H,6,7)/t27?,28-;/m0./s1. The lowest BCUT2D eigenvalue weighted by atomic mass is 9.98. The highest BCUT2D eigenvalue weighted by atomic mass is 19.4. The molecule has 0 fully saturated rings. The molecule has 5 N–H and O–H groups in total. The van der Waals surface area contributed by atoms with E-state index in [2.05, 4.69) is 25.9 Å². The van der Waals surface area contributed by atoms with E-state index in [1.54, 1.807) is 30.7 Å². The second-order valence-corrected chi connectivity index (χ2v) is 10.4. The minimum Gasteiger partial charge on any atom is -0.481 e. The van der Waals surface area contributed by atoms with Crippen LogP contribution in [0.15, 0.2) is 104 Å². The first-order valence-electron chi connectivity index (χ1n) is 14.7. The van der Waals surface area contributed by atoms with Crippen molar-refractivity contribution in [3.63, 3.8) is 0 Å². The lowest BCUT2D eigenvalue weighted by Crippen LogP contribution is -2.49. The van der Waals surface area contributed by atoms with Crippen molar-refractivity contribution in [3.8, 4) is 11.1 Å². The van der Waals surface area contributed by atoms with Crippen molar-refractivity contribution in [1.82, 2.24) is 20.6 Å². The quantitative estimate of drug-likeness (QED) is 0.116. The number of alkyl halides is 3. The number of carbonyl (C=O) groups excluding carboxylic acids is 2. The topological polar surface area (TPSA) is 171 Å². The summed E-state index contributed by atoms with van der Waals surface area (Å²) < 4.78 is 31.7. The summed E-state index contributed by atoms with van der Waals surface area (Å²) >= 11 is 0. The number of hydrogen-bond acceptors (Lipinski definition) is 7. The number of aliphatic carboxylic acids is 2. The molecule has 11 nitrogen and oxygen atoms in total. The number of nitrogens with zero attached hydrogens (tertiary/aromatic N) is 2. The summed E-state index contributed by atoms with van der Waals surface area (Å²) in [6, 6.07) is 24.7. The van der Waals surface area contributed by atoms with E-state index in [9.17, 15) is 32.7 Å². The number of carbonyl (C=O) groups is 4. The third kappa shape index (κ3) is 12.9. The molecular weight excluding hydrogens is 631 g/mol. The Morgan fingerprint density at radius 2 is 1.40 bits per heavy atom. The number of halogens is 3. The van der Waals surface area contributed by atoms with Crippen molar-refractivity contribution in [2.24, 2.45) is 0 Å². The lowest BCUT2D eigenvalue weighted by molar-refractivity contribution is -0.192. The Bertz CT molecular complexity index is 1610. The molecule has 0 saturated heterocycles. The number of carboxylic acids is 2. The predicted octanol–water partition coefficient (Wildman–Crippen LogP) is 5.03. The van der Waals surface area contributed by atoms with E-state index in [-0.39, 0.29) is 25.2 Å². The number of nitrogens with one attached hydrogen (secondary N) is 3. The molecule has 0 aliphatic heterocycles. The van der Waals surface area contributed by atoms with Gasteiger partial charge in [0.25, 0.3) is 0 Å². The fourth-order valence-electron chi connectivity index (χ4n) is 4.40. The average Bonchev–Trinajstić information content (AvgIpc) is 3.07. The fourth-order valence-corrected chi connectivity index (χ4v) is 4.40. The van der Waals surface area contributed by atoms with Gasteiger partial charge in [-0.25, -0.2) is 9.78 Å². The van der Waals surface area contributed by atoms with Gasteiger partial charge in [-0.3, -0.25) is 19.4 Å². The van der Waals surface area contributed by atoms with Gasteiger partial charge in [-0.05, 0) is 52.9 Å². The van der Waals surface area contributed by atoms with Crippen LogP contribution in [0.25, 0.3) is 11.1 Å². The average molecular weight is 666 g/mol. The SMILES string of the molecule is O=C(O)C(F)(F)F.O=C(O)CC(NC(=O)[C@H](Cc1ccncc1)NC(=O)CCCNc1ccccn1)c1ccc(-c2ccccc2)cc1. The molecule has 2 aromatic heterocycles. The molecule has 2 heterocycles. The van der Waals surface area contributed by atoms with Gasteiger partial charge in [-0.1, -0.05) is 60.7 Å². The van der Waals surface area contributed by atoms with Crippen molar-refractivity contribution in [2.45, 2.75) is 43.9 Å². The van der Waals surface area contributed by atoms with E-state index in [4.69, 9.17) is 9.90 Å². The molecule has 14 heteroatoms. The highest BCUT2D eigenvalue weighted by Crippen LogP contribution is 2.24. The van der Waals surface area contributed by atoms with Crippen LogP contribution in [-0.4, -0.2) is 62.7 Å². The molecule has 0 spiro atoms. The zero-order chi connectivity index (χ0) is 34.9. The molecule has 0 saturated carbocycles. The molecule has 252 valence electrons. The van der Waals surface area contributed by atoms with Crippen LogP contribution in [0.4, 0.5) is 19.0 Å². The summed E-state index contributed by atoms with van der Waals surface area (Å²) in [5, 5.41) is 25.6. The Morgan fingerprint density at radius 3 is 1.98 bits per heavy atom. The van der Waals surface area contributed by atoms with Gasteiger partial charge in [-0.15, -0.1) is 0 Å². The molecule has 0 radical (unpaired) electrons. The summed E-state index contributed by atoms with van der Waals surface area (Å²) in [6.07, 6.45) is 0.534. The largest absolute Gasteiger partial charge is 0.490 e. The number of carboxylic acid groups (broad SMARTS) is 2.